The van der Waals surface area contributed by atoms with Crippen molar-refractivity contribution in [2.75, 3.05) is 13.2 Å². The maximum Gasteiger partial charge on any atom is 0.305 e. The van der Waals surface area contributed by atoms with Gasteiger partial charge >= 0.3 is 5.97 Å². The van der Waals surface area contributed by atoms with Gasteiger partial charge in [-0.2, -0.15) is 0 Å². The van der Waals surface area contributed by atoms with Crippen molar-refractivity contribution in [3.63, 3.8) is 0 Å². The normalized spacial score (nSPS) is 12.7. The molecule has 2 unspecified atom stereocenters. The summed E-state index contributed by atoms with van der Waals surface area (Å²) in [7, 11) is 0. The molecule has 89 heavy (non-hydrogen) atoms. The van der Waals surface area contributed by atoms with Gasteiger partial charge in [0.05, 0.1) is 25.4 Å². The predicted molar refractivity (Wildman–Crippen MR) is 393 cm³/mol. The van der Waals surface area contributed by atoms with Crippen LogP contribution in [0.1, 0.15) is 444 Å². The summed E-state index contributed by atoms with van der Waals surface area (Å²) in [6, 6.07) is -0.542. The Kier molecular flexibility index (Phi) is 76.3. The van der Waals surface area contributed by atoms with E-state index in [1.165, 1.54) is 353 Å². The molecule has 0 heterocycles. The highest BCUT2D eigenvalue weighted by atomic mass is 16.5. The first-order valence-corrected chi connectivity index (χ1v) is 40.4. The minimum absolute atomic E-state index is 0.0110. The molecule has 0 aliphatic carbocycles. The summed E-state index contributed by atoms with van der Waals surface area (Å²) >= 11 is 0. The van der Waals surface area contributed by atoms with Crippen LogP contribution in [-0.4, -0.2) is 47.4 Å². The van der Waals surface area contributed by atoms with E-state index in [0.717, 1.165) is 57.8 Å². The summed E-state index contributed by atoms with van der Waals surface area (Å²) in [5.74, 6) is -0.0176. The molecule has 0 aromatic rings. The lowest BCUT2D eigenvalue weighted by atomic mass is 10.0. The van der Waals surface area contributed by atoms with Gasteiger partial charge in [0.2, 0.25) is 5.91 Å². The standard InChI is InChI=1S/C83H157NO5/c1-3-5-7-9-11-13-15-17-19-21-23-40-43-47-51-55-59-63-67-71-75-81(86)80(79-85)84-82(87)76-72-68-64-60-56-52-48-44-41-37-35-33-31-29-27-25-24-26-28-30-32-34-36-38-42-46-50-54-58-62-66-70-74-78-89-83(88)77-73-69-65-61-57-53-49-45-39-22-20-18-16-14-12-10-8-6-4-2/h12,14,18,20,28,30,34,36,80-81,85-86H,3-11,13,15-17,19,21-27,29,31-33,35,37-79H2,1-2H3,(H,84,87)/b14-12-,20-18-,30-28-,36-34-. The molecule has 0 aromatic heterocycles. The van der Waals surface area contributed by atoms with Gasteiger partial charge < -0.3 is 20.3 Å². The Morgan fingerprint density at radius 2 is 0.562 bits per heavy atom. The van der Waals surface area contributed by atoms with E-state index in [4.69, 9.17) is 4.74 Å². The van der Waals surface area contributed by atoms with Gasteiger partial charge in [-0.05, 0) is 89.9 Å². The lowest BCUT2D eigenvalue weighted by molar-refractivity contribution is -0.143. The van der Waals surface area contributed by atoms with Crippen LogP contribution in [0.5, 0.6) is 0 Å². The van der Waals surface area contributed by atoms with Gasteiger partial charge in [-0.25, -0.2) is 0 Å². The smallest absolute Gasteiger partial charge is 0.305 e. The van der Waals surface area contributed by atoms with Crippen molar-refractivity contribution in [3.8, 4) is 0 Å². The molecule has 0 fully saturated rings. The molecule has 0 aliphatic rings. The van der Waals surface area contributed by atoms with Crippen LogP contribution >= 0.6 is 0 Å². The number of carbonyl (C=O) groups excluding carboxylic acids is 2. The van der Waals surface area contributed by atoms with E-state index in [9.17, 15) is 19.8 Å². The number of rotatable bonds is 76. The van der Waals surface area contributed by atoms with E-state index in [2.05, 4.69) is 67.8 Å². The van der Waals surface area contributed by atoms with Gasteiger partial charge in [-0.15, -0.1) is 0 Å². The number of aliphatic hydroxyl groups is 2. The molecule has 0 bridgehead atoms. The third-order valence-electron chi connectivity index (χ3n) is 18.9. The molecule has 0 radical (unpaired) electrons. The zero-order valence-corrected chi connectivity index (χ0v) is 60.2. The van der Waals surface area contributed by atoms with Crippen molar-refractivity contribution >= 4 is 11.9 Å². The first kappa shape index (κ1) is 86.8. The van der Waals surface area contributed by atoms with Crippen molar-refractivity contribution in [1.29, 1.82) is 0 Å². The molecular weight excluding hydrogens is 1090 g/mol. The molecule has 1 amide bonds. The van der Waals surface area contributed by atoms with Crippen LogP contribution in [0, 0.1) is 0 Å². The number of ether oxygens (including phenoxy) is 1. The SMILES string of the molecule is CCCCC/C=C\C/C=C\CCCCCCCCCCCC(=O)OCCCCCCCCCCC/C=C\C/C=C\CCCCCCCCCCCCCCCCCCCC(=O)NC(CO)C(O)CCCCCCCCCCCCCCCCCCCCCC. The van der Waals surface area contributed by atoms with E-state index in [1.54, 1.807) is 0 Å². The van der Waals surface area contributed by atoms with Crippen LogP contribution in [0.25, 0.3) is 0 Å². The fourth-order valence-corrected chi connectivity index (χ4v) is 12.7. The summed E-state index contributed by atoms with van der Waals surface area (Å²) in [6.07, 6.45) is 103. The van der Waals surface area contributed by atoms with Crippen molar-refractivity contribution in [2.24, 2.45) is 0 Å². The van der Waals surface area contributed by atoms with Gasteiger partial charge in [0.15, 0.2) is 0 Å². The van der Waals surface area contributed by atoms with E-state index in [-0.39, 0.29) is 18.5 Å². The molecular formula is C83H157NO5. The zero-order chi connectivity index (χ0) is 64.2. The number of aliphatic hydroxyl groups excluding tert-OH is 2. The van der Waals surface area contributed by atoms with Crippen LogP contribution in [0.4, 0.5) is 0 Å². The van der Waals surface area contributed by atoms with E-state index < -0.39 is 12.1 Å². The summed E-state index contributed by atoms with van der Waals surface area (Å²) in [5, 5.41) is 23.4. The number of hydrogen-bond acceptors (Lipinski definition) is 5. The van der Waals surface area contributed by atoms with Crippen molar-refractivity contribution in [1.82, 2.24) is 5.32 Å². The molecule has 524 valence electrons. The Labute approximate surface area is 556 Å². The van der Waals surface area contributed by atoms with Crippen LogP contribution in [0.2, 0.25) is 0 Å². The molecule has 6 nitrogen and oxygen atoms in total. The lowest BCUT2D eigenvalue weighted by Gasteiger charge is -2.22. The van der Waals surface area contributed by atoms with Gasteiger partial charge in [0, 0.05) is 12.8 Å². The van der Waals surface area contributed by atoms with Gasteiger partial charge in [0.1, 0.15) is 0 Å². The highest BCUT2D eigenvalue weighted by Gasteiger charge is 2.20. The Morgan fingerprint density at radius 3 is 0.876 bits per heavy atom. The third-order valence-corrected chi connectivity index (χ3v) is 18.9. The Hall–Kier alpha value is -2.18. The summed E-state index contributed by atoms with van der Waals surface area (Å²) in [5.41, 5.74) is 0. The lowest BCUT2D eigenvalue weighted by Crippen LogP contribution is -2.45. The average molecular weight is 1250 g/mol. The number of nitrogens with one attached hydrogen (secondary N) is 1. The molecule has 0 aliphatic heterocycles. The minimum atomic E-state index is -0.665. The van der Waals surface area contributed by atoms with Crippen molar-refractivity contribution < 1.29 is 24.5 Å². The van der Waals surface area contributed by atoms with Crippen LogP contribution in [0.15, 0.2) is 48.6 Å². The fraction of sp³-hybridized carbons (Fsp3) is 0.880. The first-order valence-electron chi connectivity index (χ1n) is 40.4. The molecule has 2 atom stereocenters. The molecule has 3 N–H and O–H groups in total. The number of allylic oxidation sites excluding steroid dienone is 8. The second-order valence-corrected chi connectivity index (χ2v) is 27.7. The molecule has 0 saturated carbocycles. The zero-order valence-electron chi connectivity index (χ0n) is 60.2. The number of amides is 1. The van der Waals surface area contributed by atoms with E-state index >= 15 is 0 Å². The van der Waals surface area contributed by atoms with Crippen LogP contribution in [0.3, 0.4) is 0 Å². The number of esters is 1. The van der Waals surface area contributed by atoms with E-state index in [0.29, 0.717) is 25.9 Å². The summed E-state index contributed by atoms with van der Waals surface area (Å²) in [4.78, 5) is 24.7. The number of carbonyl (C=O) groups is 2. The number of unbranched alkanes of at least 4 members (excludes halogenated alkanes) is 57. The third kappa shape index (κ3) is 74.7. The van der Waals surface area contributed by atoms with E-state index in [1.807, 2.05) is 0 Å². The van der Waals surface area contributed by atoms with Gasteiger partial charge in [0.25, 0.3) is 0 Å². The average Bonchev–Trinajstić information content (AvgIpc) is 3.57. The molecule has 0 rings (SSSR count). The second-order valence-electron chi connectivity index (χ2n) is 27.7. The van der Waals surface area contributed by atoms with Crippen molar-refractivity contribution in [3.05, 3.63) is 48.6 Å². The highest BCUT2D eigenvalue weighted by Crippen LogP contribution is 2.20. The Balaban J connectivity index is 3.37. The van der Waals surface area contributed by atoms with Crippen LogP contribution in [-0.2, 0) is 14.3 Å². The topological polar surface area (TPSA) is 95.9 Å². The molecule has 0 aromatic carbocycles. The second kappa shape index (κ2) is 78.3. The molecule has 6 heteroatoms. The van der Waals surface area contributed by atoms with Gasteiger partial charge in [-0.1, -0.05) is 390 Å². The fourth-order valence-electron chi connectivity index (χ4n) is 12.7. The largest absolute Gasteiger partial charge is 0.466 e. The van der Waals surface area contributed by atoms with Gasteiger partial charge in [-0.3, -0.25) is 9.59 Å². The minimum Gasteiger partial charge on any atom is -0.466 e. The molecule has 0 spiro atoms. The Bertz CT molecular complexity index is 1490. The first-order chi connectivity index (χ1) is 44.0. The highest BCUT2D eigenvalue weighted by molar-refractivity contribution is 5.76. The monoisotopic (exact) mass is 1250 g/mol. The predicted octanol–water partition coefficient (Wildman–Crippen LogP) is 26.8. The molecule has 0 saturated heterocycles. The van der Waals surface area contributed by atoms with Crippen LogP contribution < -0.4 is 5.32 Å². The Morgan fingerprint density at radius 1 is 0.315 bits per heavy atom. The van der Waals surface area contributed by atoms with Crippen molar-refractivity contribution in [2.45, 2.75) is 456 Å². The maximum atomic E-state index is 12.6. The summed E-state index contributed by atoms with van der Waals surface area (Å²) in [6.45, 7) is 4.97. The maximum absolute atomic E-state index is 12.6. The quantitative estimate of drug-likeness (QED) is 0.0320. The number of hydrogen-bond donors (Lipinski definition) is 3. The summed E-state index contributed by atoms with van der Waals surface area (Å²) < 4.78 is 5.51.